The number of aromatic nitrogens is 2. The summed E-state index contributed by atoms with van der Waals surface area (Å²) in [5.74, 6) is 0.195. The van der Waals surface area contributed by atoms with Gasteiger partial charge in [0.05, 0.1) is 11.3 Å². The van der Waals surface area contributed by atoms with Crippen molar-refractivity contribution >= 4 is 11.6 Å². The minimum atomic E-state index is -0.230. The fraction of sp³-hybridized carbons (Fsp3) is 0.261. The first-order valence-corrected chi connectivity index (χ1v) is 9.79. The Bertz CT molecular complexity index is 976. The Morgan fingerprint density at radius 2 is 1.79 bits per heavy atom. The van der Waals surface area contributed by atoms with E-state index in [0.29, 0.717) is 17.2 Å². The summed E-state index contributed by atoms with van der Waals surface area (Å²) >= 11 is 0. The van der Waals surface area contributed by atoms with E-state index in [4.69, 9.17) is 0 Å². The van der Waals surface area contributed by atoms with Crippen molar-refractivity contribution in [2.75, 3.05) is 0 Å². The SMILES string of the molecule is C[C@@H]1CCCCC1=NNC(=O)c1cn(-c2ccccc2)nc1-c1ccccc1. The summed E-state index contributed by atoms with van der Waals surface area (Å²) in [7, 11) is 0. The average molecular weight is 372 g/mol. The first-order chi connectivity index (χ1) is 13.7. The van der Waals surface area contributed by atoms with Crippen LogP contribution >= 0.6 is 0 Å². The molecule has 1 aliphatic rings. The van der Waals surface area contributed by atoms with Crippen LogP contribution in [0.2, 0.25) is 0 Å². The van der Waals surface area contributed by atoms with Crippen LogP contribution in [0, 0.1) is 5.92 Å². The van der Waals surface area contributed by atoms with Crippen molar-refractivity contribution in [1.82, 2.24) is 15.2 Å². The quantitative estimate of drug-likeness (QED) is 0.667. The molecule has 0 saturated heterocycles. The predicted molar refractivity (Wildman–Crippen MR) is 112 cm³/mol. The zero-order valence-corrected chi connectivity index (χ0v) is 16.0. The van der Waals surface area contributed by atoms with E-state index in [1.807, 2.05) is 60.7 Å². The van der Waals surface area contributed by atoms with E-state index in [0.717, 1.165) is 36.2 Å². The number of nitrogens with zero attached hydrogens (tertiary/aromatic N) is 3. The maximum Gasteiger partial charge on any atom is 0.275 e. The van der Waals surface area contributed by atoms with Crippen LogP contribution in [-0.4, -0.2) is 21.4 Å². The van der Waals surface area contributed by atoms with Crippen molar-refractivity contribution in [2.24, 2.45) is 11.0 Å². The Labute approximate surface area is 165 Å². The van der Waals surface area contributed by atoms with Gasteiger partial charge in [0, 0.05) is 17.5 Å². The van der Waals surface area contributed by atoms with E-state index in [9.17, 15) is 4.79 Å². The molecule has 1 aromatic heterocycles. The summed E-state index contributed by atoms with van der Waals surface area (Å²) < 4.78 is 1.74. The molecule has 1 amide bonds. The summed E-state index contributed by atoms with van der Waals surface area (Å²) in [5.41, 5.74) is 6.83. The van der Waals surface area contributed by atoms with E-state index in [1.54, 1.807) is 10.9 Å². The third-order valence-corrected chi connectivity index (χ3v) is 5.22. The van der Waals surface area contributed by atoms with E-state index in [1.165, 1.54) is 6.42 Å². The predicted octanol–water partition coefficient (Wildman–Crippen LogP) is 4.84. The third kappa shape index (κ3) is 3.88. The molecule has 3 aromatic rings. The minimum absolute atomic E-state index is 0.230. The number of carbonyl (C=O) groups excluding carboxylic acids is 1. The summed E-state index contributed by atoms with van der Waals surface area (Å²) in [6, 6.07) is 19.6. The van der Waals surface area contributed by atoms with Gasteiger partial charge in [0.15, 0.2) is 0 Å². The third-order valence-electron chi connectivity index (χ3n) is 5.22. The molecule has 1 atom stereocenters. The standard InChI is InChI=1S/C23H24N4O/c1-17-10-8-9-15-21(17)24-25-23(28)20-16-27(19-13-6-3-7-14-19)26-22(20)18-11-4-2-5-12-18/h2-7,11-14,16-17H,8-10,15H2,1H3,(H,25,28)/t17-/m1/s1. The molecule has 4 rings (SSSR count). The Kier molecular flexibility index (Phi) is 5.33. The lowest BCUT2D eigenvalue weighted by atomic mass is 9.89. The fourth-order valence-corrected chi connectivity index (χ4v) is 3.58. The van der Waals surface area contributed by atoms with Gasteiger partial charge in [-0.25, -0.2) is 10.1 Å². The fourth-order valence-electron chi connectivity index (χ4n) is 3.58. The van der Waals surface area contributed by atoms with Crippen LogP contribution in [-0.2, 0) is 0 Å². The van der Waals surface area contributed by atoms with Gasteiger partial charge in [-0.1, -0.05) is 61.9 Å². The number of hydrogen-bond acceptors (Lipinski definition) is 3. The van der Waals surface area contributed by atoms with E-state index in [2.05, 4.69) is 22.5 Å². The lowest BCUT2D eigenvalue weighted by molar-refractivity contribution is 0.0955. The molecule has 0 aliphatic heterocycles. The maximum atomic E-state index is 13.0. The van der Waals surface area contributed by atoms with Crippen molar-refractivity contribution in [3.63, 3.8) is 0 Å². The van der Waals surface area contributed by atoms with E-state index >= 15 is 0 Å². The van der Waals surface area contributed by atoms with Gasteiger partial charge in [-0.2, -0.15) is 10.2 Å². The van der Waals surface area contributed by atoms with Gasteiger partial charge in [-0.05, 0) is 37.3 Å². The van der Waals surface area contributed by atoms with E-state index in [-0.39, 0.29) is 5.91 Å². The summed E-state index contributed by atoms with van der Waals surface area (Å²) in [5, 5.41) is 9.13. The number of benzene rings is 2. The van der Waals surface area contributed by atoms with Crippen molar-refractivity contribution in [3.8, 4) is 16.9 Å². The molecular weight excluding hydrogens is 348 g/mol. The largest absolute Gasteiger partial charge is 0.275 e. The number of carbonyl (C=O) groups is 1. The topological polar surface area (TPSA) is 59.3 Å². The van der Waals surface area contributed by atoms with Crippen molar-refractivity contribution < 1.29 is 4.79 Å². The van der Waals surface area contributed by atoms with E-state index < -0.39 is 0 Å². The summed E-state index contributed by atoms with van der Waals surface area (Å²) in [6.07, 6.45) is 6.24. The molecule has 0 unspecified atom stereocenters. The first-order valence-electron chi connectivity index (χ1n) is 9.79. The van der Waals surface area contributed by atoms with Crippen molar-refractivity contribution in [2.45, 2.75) is 32.6 Å². The highest BCUT2D eigenvalue weighted by Crippen LogP contribution is 2.24. The summed E-state index contributed by atoms with van der Waals surface area (Å²) in [6.45, 7) is 2.17. The van der Waals surface area contributed by atoms with Gasteiger partial charge in [-0.15, -0.1) is 0 Å². The van der Waals surface area contributed by atoms with Crippen LogP contribution < -0.4 is 5.43 Å². The van der Waals surface area contributed by atoms with Gasteiger partial charge >= 0.3 is 0 Å². The number of rotatable bonds is 4. The zero-order chi connectivity index (χ0) is 19.3. The smallest absolute Gasteiger partial charge is 0.267 e. The summed E-state index contributed by atoms with van der Waals surface area (Å²) in [4.78, 5) is 13.0. The highest BCUT2D eigenvalue weighted by atomic mass is 16.2. The second-order valence-electron chi connectivity index (χ2n) is 7.23. The van der Waals surface area contributed by atoms with Gasteiger partial charge in [-0.3, -0.25) is 4.79 Å². The second-order valence-corrected chi connectivity index (χ2v) is 7.23. The molecule has 28 heavy (non-hydrogen) atoms. The van der Waals surface area contributed by atoms with Crippen molar-refractivity contribution in [1.29, 1.82) is 0 Å². The molecule has 142 valence electrons. The highest BCUT2D eigenvalue weighted by molar-refractivity contribution is 6.00. The molecule has 1 aliphatic carbocycles. The number of hydrazone groups is 1. The van der Waals surface area contributed by atoms with Gasteiger partial charge in [0.25, 0.3) is 5.91 Å². The molecule has 0 bridgehead atoms. The Morgan fingerprint density at radius 3 is 2.50 bits per heavy atom. The maximum absolute atomic E-state index is 13.0. The number of para-hydroxylation sites is 1. The Balaban J connectivity index is 1.67. The normalized spacial score (nSPS) is 18.2. The number of amides is 1. The lowest BCUT2D eigenvalue weighted by Crippen LogP contribution is -2.24. The first kappa shape index (κ1) is 18.2. The Hall–Kier alpha value is -3.21. The second kappa shape index (κ2) is 8.21. The van der Waals surface area contributed by atoms with Crippen molar-refractivity contribution in [3.05, 3.63) is 72.4 Å². The molecule has 1 heterocycles. The van der Waals surface area contributed by atoms with Crippen LogP contribution in [0.15, 0.2) is 72.0 Å². The number of nitrogens with one attached hydrogen (secondary N) is 1. The molecule has 1 saturated carbocycles. The average Bonchev–Trinajstić information content (AvgIpc) is 3.20. The number of hydrogen-bond donors (Lipinski definition) is 1. The van der Waals surface area contributed by atoms with Crippen LogP contribution in [0.1, 0.15) is 43.0 Å². The van der Waals surface area contributed by atoms with Crippen LogP contribution in [0.25, 0.3) is 16.9 Å². The highest BCUT2D eigenvalue weighted by Gasteiger charge is 2.20. The van der Waals surface area contributed by atoms with Gasteiger partial charge in [0.2, 0.25) is 0 Å². The van der Waals surface area contributed by atoms with Gasteiger partial charge < -0.3 is 0 Å². The van der Waals surface area contributed by atoms with Crippen LogP contribution in [0.4, 0.5) is 0 Å². The molecular formula is C23H24N4O. The molecule has 0 spiro atoms. The lowest BCUT2D eigenvalue weighted by Gasteiger charge is -2.19. The molecule has 2 aromatic carbocycles. The molecule has 1 N–H and O–H groups in total. The molecule has 5 nitrogen and oxygen atoms in total. The zero-order valence-electron chi connectivity index (χ0n) is 16.0. The minimum Gasteiger partial charge on any atom is -0.267 e. The van der Waals surface area contributed by atoms with Gasteiger partial charge in [0.1, 0.15) is 5.69 Å². The molecule has 0 radical (unpaired) electrons. The Morgan fingerprint density at radius 1 is 1.07 bits per heavy atom. The van der Waals surface area contributed by atoms with Crippen LogP contribution in [0.3, 0.4) is 0 Å². The molecule has 5 heteroatoms. The monoisotopic (exact) mass is 372 g/mol. The van der Waals surface area contributed by atoms with Crippen LogP contribution in [0.5, 0.6) is 0 Å². The molecule has 1 fully saturated rings.